The van der Waals surface area contributed by atoms with E-state index in [0.717, 1.165) is 103 Å². The Morgan fingerprint density at radius 2 is 0.481 bits per heavy atom. The molecule has 0 N–H and O–H groups in total. The number of ether oxygens (including phenoxy) is 3. The van der Waals surface area contributed by atoms with Gasteiger partial charge in [0.05, 0.1) is 0 Å². The van der Waals surface area contributed by atoms with Crippen LogP contribution in [0.25, 0.3) is 0 Å². The van der Waals surface area contributed by atoms with Crippen molar-refractivity contribution in [3.63, 3.8) is 0 Å². The Morgan fingerprint density at radius 1 is 0.259 bits per heavy atom. The highest BCUT2D eigenvalue weighted by atomic mass is 16.6. The minimum Gasteiger partial charge on any atom is -0.462 e. The van der Waals surface area contributed by atoms with Gasteiger partial charge in [-0.2, -0.15) is 0 Å². The van der Waals surface area contributed by atoms with Gasteiger partial charge in [0, 0.05) is 19.3 Å². The van der Waals surface area contributed by atoms with Gasteiger partial charge in [-0.3, -0.25) is 14.4 Å². The largest absolute Gasteiger partial charge is 0.462 e. The summed E-state index contributed by atoms with van der Waals surface area (Å²) in [6.07, 6.45) is 91.7. The van der Waals surface area contributed by atoms with E-state index in [2.05, 4.69) is 106 Å². The molecule has 6 nitrogen and oxygen atoms in total. The van der Waals surface area contributed by atoms with Crippen LogP contribution in [-0.4, -0.2) is 37.2 Å². The van der Waals surface area contributed by atoms with Crippen molar-refractivity contribution in [2.45, 2.75) is 361 Å². The van der Waals surface area contributed by atoms with Crippen molar-refractivity contribution in [2.24, 2.45) is 0 Å². The monoisotopic (exact) mass is 1130 g/mol. The molecule has 0 rings (SSSR count). The third-order valence-corrected chi connectivity index (χ3v) is 15.4. The van der Waals surface area contributed by atoms with Crippen LogP contribution in [0.5, 0.6) is 0 Å². The SMILES string of the molecule is CC/C=C\C/C=C\C/C=C\C/C=C\C/C=C\CCCCCCCCCCCCCC(=O)OCC(COC(=O)CCCCCCCCC/C=C\C/C=C\CCCCC)OC(=O)CCCCCCCCCCCCCCCCCCCCC. The molecule has 0 aliphatic carbocycles. The molecule has 0 amide bonds. The quantitative estimate of drug-likeness (QED) is 0.0261. The van der Waals surface area contributed by atoms with E-state index in [9.17, 15) is 14.4 Å². The van der Waals surface area contributed by atoms with Crippen LogP contribution in [0.1, 0.15) is 355 Å². The fraction of sp³-hybridized carbons (Fsp3) is 0.773. The molecule has 1 unspecified atom stereocenters. The van der Waals surface area contributed by atoms with Gasteiger partial charge in [-0.25, -0.2) is 0 Å². The second-order valence-corrected chi connectivity index (χ2v) is 23.4. The summed E-state index contributed by atoms with van der Waals surface area (Å²) in [5, 5.41) is 0. The van der Waals surface area contributed by atoms with Gasteiger partial charge in [0.1, 0.15) is 13.2 Å². The van der Waals surface area contributed by atoms with E-state index in [4.69, 9.17) is 14.2 Å². The van der Waals surface area contributed by atoms with Crippen LogP contribution in [0, 0.1) is 0 Å². The highest BCUT2D eigenvalue weighted by Crippen LogP contribution is 2.18. The number of unbranched alkanes of at least 4 members (excludes halogenated alkanes) is 39. The van der Waals surface area contributed by atoms with Crippen molar-refractivity contribution in [3.05, 3.63) is 85.1 Å². The third-order valence-electron chi connectivity index (χ3n) is 15.4. The number of allylic oxidation sites excluding steroid dienone is 14. The molecule has 0 saturated heterocycles. The Hall–Kier alpha value is -3.41. The molecule has 0 radical (unpaired) electrons. The Bertz CT molecular complexity index is 1530. The smallest absolute Gasteiger partial charge is 0.306 e. The van der Waals surface area contributed by atoms with E-state index in [1.165, 1.54) is 212 Å². The van der Waals surface area contributed by atoms with E-state index in [1.54, 1.807) is 0 Å². The van der Waals surface area contributed by atoms with Crippen LogP contribution in [0.2, 0.25) is 0 Å². The molecule has 1 atom stereocenters. The van der Waals surface area contributed by atoms with E-state index in [0.29, 0.717) is 19.3 Å². The minimum atomic E-state index is -0.781. The molecule has 0 aromatic heterocycles. The second kappa shape index (κ2) is 69.1. The lowest BCUT2D eigenvalue weighted by molar-refractivity contribution is -0.167. The number of hydrogen-bond acceptors (Lipinski definition) is 6. The highest BCUT2D eigenvalue weighted by Gasteiger charge is 2.19. The Balaban J connectivity index is 4.32. The van der Waals surface area contributed by atoms with Gasteiger partial charge < -0.3 is 14.2 Å². The zero-order valence-corrected chi connectivity index (χ0v) is 53.8. The normalized spacial score (nSPS) is 12.6. The van der Waals surface area contributed by atoms with Crippen molar-refractivity contribution in [2.75, 3.05) is 13.2 Å². The van der Waals surface area contributed by atoms with Gasteiger partial charge in [-0.1, -0.05) is 324 Å². The van der Waals surface area contributed by atoms with Crippen LogP contribution in [0.4, 0.5) is 0 Å². The van der Waals surface area contributed by atoms with E-state index >= 15 is 0 Å². The van der Waals surface area contributed by atoms with E-state index in [1.807, 2.05) is 0 Å². The summed E-state index contributed by atoms with van der Waals surface area (Å²) in [5.41, 5.74) is 0. The van der Waals surface area contributed by atoms with Gasteiger partial charge in [0.2, 0.25) is 0 Å². The first-order valence-corrected chi connectivity index (χ1v) is 35.1. The summed E-state index contributed by atoms with van der Waals surface area (Å²) in [5.74, 6) is -0.866. The van der Waals surface area contributed by atoms with Gasteiger partial charge in [0.15, 0.2) is 6.10 Å². The number of esters is 3. The Kier molecular flexibility index (Phi) is 66.2. The lowest BCUT2D eigenvalue weighted by Gasteiger charge is -2.18. The summed E-state index contributed by atoms with van der Waals surface area (Å²) >= 11 is 0. The zero-order valence-electron chi connectivity index (χ0n) is 53.8. The maximum absolute atomic E-state index is 13.0. The number of rotatable bonds is 64. The predicted molar refractivity (Wildman–Crippen MR) is 353 cm³/mol. The zero-order chi connectivity index (χ0) is 58.5. The first-order valence-electron chi connectivity index (χ1n) is 35.1. The van der Waals surface area contributed by atoms with Crippen molar-refractivity contribution in [1.29, 1.82) is 0 Å². The van der Waals surface area contributed by atoms with Crippen molar-refractivity contribution in [1.82, 2.24) is 0 Å². The molecular weight excluding hydrogens is 997 g/mol. The fourth-order valence-corrected chi connectivity index (χ4v) is 10.2. The average Bonchev–Trinajstić information content (AvgIpc) is 3.47. The Labute approximate surface area is 503 Å². The fourth-order valence-electron chi connectivity index (χ4n) is 10.2. The molecular formula is C75H132O6. The minimum absolute atomic E-state index is 0.0770. The van der Waals surface area contributed by atoms with E-state index in [-0.39, 0.29) is 31.1 Å². The van der Waals surface area contributed by atoms with Crippen molar-refractivity contribution >= 4 is 17.9 Å². The maximum Gasteiger partial charge on any atom is 0.306 e. The summed E-state index contributed by atoms with van der Waals surface area (Å²) < 4.78 is 17.0. The number of hydrogen-bond donors (Lipinski definition) is 0. The first kappa shape index (κ1) is 77.6. The molecule has 81 heavy (non-hydrogen) atoms. The topological polar surface area (TPSA) is 78.9 Å². The summed E-state index contributed by atoms with van der Waals surface area (Å²) in [6.45, 7) is 6.55. The molecule has 0 bridgehead atoms. The highest BCUT2D eigenvalue weighted by molar-refractivity contribution is 5.71. The first-order chi connectivity index (χ1) is 40.0. The van der Waals surface area contributed by atoms with Gasteiger partial charge >= 0.3 is 17.9 Å². The number of carbonyl (C=O) groups excluding carboxylic acids is 3. The molecule has 0 heterocycles. The molecule has 0 fully saturated rings. The summed E-state index contributed by atoms with van der Waals surface area (Å²) in [6, 6.07) is 0. The molecule has 0 aliphatic rings. The molecule has 0 aromatic carbocycles. The summed E-state index contributed by atoms with van der Waals surface area (Å²) in [4.78, 5) is 38.5. The molecule has 0 spiro atoms. The molecule has 0 aromatic rings. The van der Waals surface area contributed by atoms with Crippen LogP contribution in [0.15, 0.2) is 85.1 Å². The van der Waals surface area contributed by atoms with Crippen molar-refractivity contribution < 1.29 is 28.6 Å². The van der Waals surface area contributed by atoms with Crippen molar-refractivity contribution in [3.8, 4) is 0 Å². The lowest BCUT2D eigenvalue weighted by atomic mass is 10.0. The third kappa shape index (κ3) is 67.3. The Morgan fingerprint density at radius 3 is 0.778 bits per heavy atom. The van der Waals surface area contributed by atoms with Crippen LogP contribution < -0.4 is 0 Å². The molecule has 0 aliphatic heterocycles. The van der Waals surface area contributed by atoms with Gasteiger partial charge in [-0.15, -0.1) is 0 Å². The van der Waals surface area contributed by atoms with Crippen LogP contribution in [-0.2, 0) is 28.6 Å². The lowest BCUT2D eigenvalue weighted by Crippen LogP contribution is -2.30. The van der Waals surface area contributed by atoms with Gasteiger partial charge in [-0.05, 0) is 96.3 Å². The molecule has 468 valence electrons. The summed E-state index contributed by atoms with van der Waals surface area (Å²) in [7, 11) is 0. The molecule has 6 heteroatoms. The van der Waals surface area contributed by atoms with Crippen LogP contribution in [0.3, 0.4) is 0 Å². The second-order valence-electron chi connectivity index (χ2n) is 23.4. The standard InChI is InChI=1S/C75H132O6/c1-4-7-10-13-16-19-22-25-28-31-33-34-35-36-37-38-39-40-42-44-47-50-53-56-59-62-65-68-74(77)80-71-72(70-79-73(76)67-64-61-58-55-52-49-46-43-30-27-24-21-18-15-12-9-6-3)81-75(78)69-66-63-60-57-54-51-48-45-41-32-29-26-23-20-17-14-11-8-5-2/h7,10,16,18-19,21,25,27-28,30,33-34,36-37,72H,4-6,8-9,11-15,17,20,22-24,26,29,31-32,35,38-71H2,1-3H3/b10-7-,19-16-,21-18-,28-25-,30-27-,34-33-,37-36-. The van der Waals surface area contributed by atoms with E-state index < -0.39 is 6.10 Å². The molecule has 0 saturated carbocycles. The predicted octanol–water partition coefficient (Wildman–Crippen LogP) is 24.2. The van der Waals surface area contributed by atoms with Crippen LogP contribution >= 0.6 is 0 Å². The number of carbonyl (C=O) groups is 3. The van der Waals surface area contributed by atoms with Gasteiger partial charge in [0.25, 0.3) is 0 Å². The maximum atomic E-state index is 13.0. The average molecular weight is 1130 g/mol.